The van der Waals surface area contributed by atoms with Crippen LogP contribution in [0.15, 0.2) is 56.7 Å². The molecule has 7 heteroatoms. The summed E-state index contributed by atoms with van der Waals surface area (Å²) in [5, 5.41) is 5.76. The highest BCUT2D eigenvalue weighted by atomic mass is 79.9. The molecule has 1 aliphatic rings. The van der Waals surface area contributed by atoms with E-state index < -0.39 is 0 Å². The number of hydrogen-bond acceptors (Lipinski definition) is 5. The van der Waals surface area contributed by atoms with Crippen molar-refractivity contribution >= 4 is 50.0 Å². The summed E-state index contributed by atoms with van der Waals surface area (Å²) in [5.41, 5.74) is 4.06. The van der Waals surface area contributed by atoms with Crippen LogP contribution in [0.3, 0.4) is 0 Å². The van der Waals surface area contributed by atoms with Gasteiger partial charge in [0.05, 0.1) is 12.1 Å². The van der Waals surface area contributed by atoms with Crippen molar-refractivity contribution in [3.05, 3.63) is 63.9 Å². The molecule has 5 rings (SSSR count). The Morgan fingerprint density at radius 3 is 2.93 bits per heavy atom. The van der Waals surface area contributed by atoms with Gasteiger partial charge < -0.3 is 9.73 Å². The molecule has 28 heavy (non-hydrogen) atoms. The number of benzene rings is 2. The third-order valence-corrected chi connectivity index (χ3v) is 6.01. The maximum atomic E-state index is 12.4. The van der Waals surface area contributed by atoms with Crippen molar-refractivity contribution in [2.24, 2.45) is 0 Å². The highest BCUT2D eigenvalue weighted by Gasteiger charge is 2.28. The number of halogens is 1. The van der Waals surface area contributed by atoms with Crippen molar-refractivity contribution < 1.29 is 9.21 Å². The maximum Gasteiger partial charge on any atom is 0.230 e. The minimum absolute atomic E-state index is 0.101. The molecule has 0 unspecified atom stereocenters. The fourth-order valence-electron chi connectivity index (χ4n) is 3.04. The Balaban J connectivity index is 1.28. The van der Waals surface area contributed by atoms with Gasteiger partial charge in [0.1, 0.15) is 10.5 Å². The van der Waals surface area contributed by atoms with Crippen LogP contribution in [0.5, 0.6) is 0 Å². The van der Waals surface area contributed by atoms with Crippen LogP contribution in [-0.2, 0) is 11.2 Å². The van der Waals surface area contributed by atoms with E-state index in [1.165, 1.54) is 11.3 Å². The Labute approximate surface area is 173 Å². The SMILES string of the molecule is O=C(Cc1csc(-c2cccc(Br)c2)n1)Nc1ccc2oc(C3CC3)nc2c1. The van der Waals surface area contributed by atoms with Gasteiger partial charge >= 0.3 is 0 Å². The lowest BCUT2D eigenvalue weighted by Crippen LogP contribution is -2.14. The summed E-state index contributed by atoms with van der Waals surface area (Å²) < 4.78 is 6.77. The van der Waals surface area contributed by atoms with E-state index in [4.69, 9.17) is 4.42 Å². The summed E-state index contributed by atoms with van der Waals surface area (Å²) in [6.07, 6.45) is 2.52. The van der Waals surface area contributed by atoms with Gasteiger partial charge in [0.2, 0.25) is 5.91 Å². The van der Waals surface area contributed by atoms with Gasteiger partial charge in [0.15, 0.2) is 11.5 Å². The van der Waals surface area contributed by atoms with E-state index >= 15 is 0 Å². The fraction of sp³-hybridized carbons (Fsp3) is 0.190. The first kappa shape index (κ1) is 17.6. The van der Waals surface area contributed by atoms with Gasteiger partial charge in [-0.25, -0.2) is 9.97 Å². The zero-order valence-electron chi connectivity index (χ0n) is 14.8. The quantitative estimate of drug-likeness (QED) is 0.416. The van der Waals surface area contributed by atoms with Crippen LogP contribution in [0.25, 0.3) is 21.7 Å². The topological polar surface area (TPSA) is 68.0 Å². The van der Waals surface area contributed by atoms with Crippen LogP contribution in [0.1, 0.15) is 30.3 Å². The molecular weight excluding hydrogens is 438 g/mol. The van der Waals surface area contributed by atoms with Crippen molar-refractivity contribution in [3.63, 3.8) is 0 Å². The minimum atomic E-state index is -0.101. The van der Waals surface area contributed by atoms with Gasteiger partial charge in [-0.05, 0) is 43.2 Å². The van der Waals surface area contributed by atoms with Gasteiger partial charge in [-0.1, -0.05) is 28.1 Å². The predicted molar refractivity (Wildman–Crippen MR) is 114 cm³/mol. The average Bonchev–Trinajstić information content (AvgIpc) is 3.27. The second-order valence-corrected chi connectivity index (χ2v) is 8.66. The van der Waals surface area contributed by atoms with Crippen molar-refractivity contribution in [1.82, 2.24) is 9.97 Å². The number of carbonyl (C=O) groups is 1. The van der Waals surface area contributed by atoms with E-state index in [9.17, 15) is 4.79 Å². The molecule has 1 aliphatic carbocycles. The Kier molecular flexibility index (Phi) is 4.49. The third kappa shape index (κ3) is 3.72. The number of fused-ring (bicyclic) bond motifs is 1. The Bertz CT molecular complexity index is 1180. The van der Waals surface area contributed by atoms with E-state index in [0.29, 0.717) is 5.92 Å². The lowest BCUT2D eigenvalue weighted by molar-refractivity contribution is -0.115. The molecule has 2 aromatic carbocycles. The molecule has 2 heterocycles. The normalized spacial score (nSPS) is 13.8. The summed E-state index contributed by atoms with van der Waals surface area (Å²) >= 11 is 5.01. The van der Waals surface area contributed by atoms with Crippen molar-refractivity contribution in [2.45, 2.75) is 25.2 Å². The molecule has 0 spiro atoms. The molecule has 1 saturated carbocycles. The number of oxazole rings is 1. The highest BCUT2D eigenvalue weighted by Crippen LogP contribution is 2.40. The van der Waals surface area contributed by atoms with E-state index in [0.717, 1.165) is 56.3 Å². The molecule has 140 valence electrons. The number of hydrogen-bond donors (Lipinski definition) is 1. The van der Waals surface area contributed by atoms with Crippen LogP contribution < -0.4 is 5.32 Å². The Morgan fingerprint density at radius 1 is 1.21 bits per heavy atom. The zero-order chi connectivity index (χ0) is 19.1. The molecule has 0 aliphatic heterocycles. The number of amides is 1. The fourth-order valence-corrected chi connectivity index (χ4v) is 4.26. The molecule has 1 amide bonds. The molecule has 0 saturated heterocycles. The van der Waals surface area contributed by atoms with Gasteiger partial charge in [-0.3, -0.25) is 4.79 Å². The molecule has 1 fully saturated rings. The Hall–Kier alpha value is -2.51. The summed E-state index contributed by atoms with van der Waals surface area (Å²) in [5.74, 6) is 1.17. The van der Waals surface area contributed by atoms with E-state index in [2.05, 4.69) is 31.2 Å². The van der Waals surface area contributed by atoms with Crippen LogP contribution in [0.4, 0.5) is 5.69 Å². The monoisotopic (exact) mass is 453 g/mol. The van der Waals surface area contributed by atoms with Crippen LogP contribution >= 0.6 is 27.3 Å². The van der Waals surface area contributed by atoms with E-state index in [1.54, 1.807) is 0 Å². The molecule has 1 N–H and O–H groups in total. The van der Waals surface area contributed by atoms with E-state index in [1.807, 2.05) is 47.8 Å². The zero-order valence-corrected chi connectivity index (χ0v) is 17.2. The first-order valence-electron chi connectivity index (χ1n) is 9.05. The molecule has 0 atom stereocenters. The Morgan fingerprint density at radius 2 is 2.11 bits per heavy atom. The number of aromatic nitrogens is 2. The second-order valence-electron chi connectivity index (χ2n) is 6.89. The highest BCUT2D eigenvalue weighted by molar-refractivity contribution is 9.10. The number of thiazole rings is 1. The van der Waals surface area contributed by atoms with Crippen molar-refractivity contribution in [1.29, 1.82) is 0 Å². The minimum Gasteiger partial charge on any atom is -0.440 e. The van der Waals surface area contributed by atoms with Crippen LogP contribution in [-0.4, -0.2) is 15.9 Å². The first-order valence-corrected chi connectivity index (χ1v) is 10.7. The molecule has 0 bridgehead atoms. The van der Waals surface area contributed by atoms with Crippen LogP contribution in [0, 0.1) is 0 Å². The number of rotatable bonds is 5. The smallest absolute Gasteiger partial charge is 0.230 e. The number of anilines is 1. The second kappa shape index (κ2) is 7.14. The number of carbonyl (C=O) groups excluding carboxylic acids is 1. The van der Waals surface area contributed by atoms with Gasteiger partial charge in [0, 0.05) is 27.0 Å². The largest absolute Gasteiger partial charge is 0.440 e. The summed E-state index contributed by atoms with van der Waals surface area (Å²) in [6, 6.07) is 13.5. The summed E-state index contributed by atoms with van der Waals surface area (Å²) in [4.78, 5) is 21.6. The van der Waals surface area contributed by atoms with Gasteiger partial charge in [0.25, 0.3) is 0 Å². The third-order valence-electron chi connectivity index (χ3n) is 4.58. The lowest BCUT2D eigenvalue weighted by atomic mass is 10.2. The van der Waals surface area contributed by atoms with Gasteiger partial charge in [-0.2, -0.15) is 0 Å². The molecule has 5 nitrogen and oxygen atoms in total. The molecule has 0 radical (unpaired) electrons. The number of nitrogens with one attached hydrogen (secondary N) is 1. The van der Waals surface area contributed by atoms with Crippen molar-refractivity contribution in [3.8, 4) is 10.6 Å². The summed E-state index contributed by atoms with van der Waals surface area (Å²) in [7, 11) is 0. The van der Waals surface area contributed by atoms with Crippen LogP contribution in [0.2, 0.25) is 0 Å². The van der Waals surface area contributed by atoms with E-state index in [-0.39, 0.29) is 12.3 Å². The standard InChI is InChI=1S/C21H16BrN3O2S/c22-14-3-1-2-13(8-14)21-24-16(11-28-21)10-19(26)23-15-6-7-18-17(9-15)25-20(27-18)12-4-5-12/h1-3,6-9,11-12H,4-5,10H2,(H,23,26). The summed E-state index contributed by atoms with van der Waals surface area (Å²) in [6.45, 7) is 0. The molecule has 2 aromatic heterocycles. The predicted octanol–water partition coefficient (Wildman–Crippen LogP) is 5.77. The van der Waals surface area contributed by atoms with Gasteiger partial charge in [-0.15, -0.1) is 11.3 Å². The maximum absolute atomic E-state index is 12.4. The van der Waals surface area contributed by atoms with Crippen molar-refractivity contribution in [2.75, 3.05) is 5.32 Å². The molecule has 4 aromatic rings. The molecular formula is C21H16BrN3O2S. The lowest BCUT2D eigenvalue weighted by Gasteiger charge is -2.03. The number of nitrogens with zero attached hydrogens (tertiary/aromatic N) is 2. The average molecular weight is 454 g/mol. The first-order chi connectivity index (χ1) is 13.6.